The Morgan fingerprint density at radius 2 is 1.92 bits per heavy atom. The van der Waals surface area contributed by atoms with Gasteiger partial charge in [-0.3, -0.25) is 5.10 Å². The third-order valence-electron chi connectivity index (χ3n) is 5.11. The van der Waals surface area contributed by atoms with Crippen molar-refractivity contribution < 1.29 is 5.21 Å². The van der Waals surface area contributed by atoms with Crippen molar-refractivity contribution in [3.8, 4) is 0 Å². The van der Waals surface area contributed by atoms with Crippen molar-refractivity contribution in [2.75, 3.05) is 0 Å². The maximum absolute atomic E-state index is 9.43. The van der Waals surface area contributed by atoms with Crippen molar-refractivity contribution >= 4 is 34.5 Å². The smallest absolute Gasteiger partial charge is 0.117 e. The molecule has 0 atom stereocenters. The predicted octanol–water partition coefficient (Wildman–Crippen LogP) is 4.68. The van der Waals surface area contributed by atoms with Gasteiger partial charge >= 0.3 is 0 Å². The van der Waals surface area contributed by atoms with Gasteiger partial charge in [-0.1, -0.05) is 29.4 Å². The first-order chi connectivity index (χ1) is 12.3. The summed E-state index contributed by atoms with van der Waals surface area (Å²) in [6.07, 6.45) is 7.47. The van der Waals surface area contributed by atoms with Gasteiger partial charge in [0.15, 0.2) is 0 Å². The zero-order valence-corrected chi connectivity index (χ0v) is 15.1. The highest BCUT2D eigenvalue weighted by atomic mass is 32.1. The van der Waals surface area contributed by atoms with Crippen LogP contribution in [-0.2, 0) is 11.8 Å². The first-order valence-corrected chi connectivity index (χ1v) is 10.1. The molecule has 2 N–H and O–H groups in total. The molecule has 6 heteroatoms. The van der Waals surface area contributed by atoms with E-state index in [0.717, 1.165) is 41.9 Å². The Morgan fingerprint density at radius 1 is 1.20 bits per heavy atom. The Kier molecular flexibility index (Phi) is 3.43. The summed E-state index contributed by atoms with van der Waals surface area (Å²) in [4.78, 5) is 2.68. The molecule has 1 saturated carbocycles. The predicted molar refractivity (Wildman–Crippen MR) is 102 cm³/mol. The van der Waals surface area contributed by atoms with E-state index < -0.39 is 0 Å². The maximum Gasteiger partial charge on any atom is 0.117 e. The number of oxime groups is 1. The highest BCUT2D eigenvalue weighted by molar-refractivity contribution is 7.11. The van der Waals surface area contributed by atoms with Crippen molar-refractivity contribution in [3.63, 3.8) is 0 Å². The van der Waals surface area contributed by atoms with Crippen LogP contribution in [-0.4, -0.2) is 21.1 Å². The highest BCUT2D eigenvalue weighted by Gasteiger charge is 2.40. The lowest BCUT2D eigenvalue weighted by Gasteiger charge is -2.31. The molecular formula is C19H17N3OS2. The van der Waals surface area contributed by atoms with Crippen molar-refractivity contribution in [2.24, 2.45) is 11.1 Å². The Bertz CT molecular complexity index is 913. The molecule has 5 rings (SSSR count). The van der Waals surface area contributed by atoms with E-state index >= 15 is 0 Å². The lowest BCUT2D eigenvalue weighted by atomic mass is 9.75. The summed E-state index contributed by atoms with van der Waals surface area (Å²) in [6, 6.07) is 8.64. The van der Waals surface area contributed by atoms with Crippen LogP contribution < -0.4 is 0 Å². The number of thiophene rings is 2. The number of H-pyrrole nitrogens is 1. The summed E-state index contributed by atoms with van der Waals surface area (Å²) in [5.74, 6) is 0.354. The van der Waals surface area contributed by atoms with Gasteiger partial charge in [0, 0.05) is 33.4 Å². The molecule has 2 aliphatic rings. The molecular weight excluding hydrogens is 350 g/mol. The quantitative estimate of drug-likeness (QED) is 0.400. The van der Waals surface area contributed by atoms with Crippen LogP contribution in [0.5, 0.6) is 0 Å². The molecule has 0 spiro atoms. The van der Waals surface area contributed by atoms with Crippen LogP contribution in [0.15, 0.2) is 46.3 Å². The van der Waals surface area contributed by atoms with Gasteiger partial charge in [-0.15, -0.1) is 22.7 Å². The lowest BCUT2D eigenvalue weighted by molar-refractivity contribution is 0.317. The third kappa shape index (κ3) is 2.32. The van der Waals surface area contributed by atoms with Crippen molar-refractivity contribution in [2.45, 2.75) is 24.7 Å². The first-order valence-electron chi connectivity index (χ1n) is 8.38. The van der Waals surface area contributed by atoms with Gasteiger partial charge in [0.25, 0.3) is 0 Å². The maximum atomic E-state index is 9.43. The summed E-state index contributed by atoms with van der Waals surface area (Å²) < 4.78 is 0. The van der Waals surface area contributed by atoms with Gasteiger partial charge in [0.1, 0.15) is 11.4 Å². The van der Waals surface area contributed by atoms with Crippen LogP contribution in [0, 0.1) is 5.92 Å². The largest absolute Gasteiger partial charge is 0.411 e. The standard InChI is InChI=1S/C19H17N3OS2/c23-22-17(12-5-6-12)18-13-7-8-19(11-14(13)20-21-18,15-3-1-9-24-15)16-4-2-10-25-16/h1-4,7-10,12,23H,5-6,11H2,(H,20,21). The Hall–Kier alpha value is -2.18. The van der Waals surface area contributed by atoms with Crippen LogP contribution >= 0.6 is 22.7 Å². The number of nitrogens with zero attached hydrogens (tertiary/aromatic N) is 2. The fraction of sp³-hybridized carbons (Fsp3) is 0.263. The molecule has 0 saturated heterocycles. The molecule has 2 aliphatic carbocycles. The Morgan fingerprint density at radius 3 is 2.48 bits per heavy atom. The fourth-order valence-electron chi connectivity index (χ4n) is 3.66. The highest BCUT2D eigenvalue weighted by Crippen LogP contribution is 2.45. The second kappa shape index (κ2) is 5.68. The van der Waals surface area contributed by atoms with Crippen LogP contribution in [0.25, 0.3) is 6.08 Å². The van der Waals surface area contributed by atoms with Crippen molar-refractivity contribution in [1.29, 1.82) is 0 Å². The molecule has 0 radical (unpaired) electrons. The molecule has 0 amide bonds. The van der Waals surface area contributed by atoms with Crippen molar-refractivity contribution in [1.82, 2.24) is 10.2 Å². The van der Waals surface area contributed by atoms with Crippen LogP contribution in [0.4, 0.5) is 0 Å². The minimum absolute atomic E-state index is 0.144. The number of aromatic nitrogens is 2. The van der Waals surface area contributed by atoms with Crippen LogP contribution in [0.3, 0.4) is 0 Å². The molecule has 25 heavy (non-hydrogen) atoms. The SMILES string of the molecule is ON=C(c1n[nH]c2c1C=CC(c1cccs1)(c1cccs1)C2)C1CC1. The molecule has 1 fully saturated rings. The summed E-state index contributed by atoms with van der Waals surface area (Å²) in [6.45, 7) is 0. The summed E-state index contributed by atoms with van der Waals surface area (Å²) in [5.41, 5.74) is 3.57. The second-order valence-electron chi connectivity index (χ2n) is 6.66. The minimum atomic E-state index is -0.144. The van der Waals surface area contributed by atoms with E-state index in [2.05, 4.69) is 62.5 Å². The van der Waals surface area contributed by atoms with Gasteiger partial charge in [-0.05, 0) is 35.7 Å². The van der Waals surface area contributed by atoms with Gasteiger partial charge in [-0.2, -0.15) is 5.10 Å². The van der Waals surface area contributed by atoms with E-state index in [1.807, 2.05) is 0 Å². The van der Waals surface area contributed by atoms with Crippen molar-refractivity contribution in [3.05, 3.63) is 67.8 Å². The number of rotatable bonds is 4. The van der Waals surface area contributed by atoms with E-state index in [0.29, 0.717) is 5.92 Å². The van der Waals surface area contributed by atoms with Crippen LogP contribution in [0.1, 0.15) is 39.5 Å². The van der Waals surface area contributed by atoms with E-state index in [1.54, 1.807) is 22.7 Å². The molecule has 0 bridgehead atoms. The minimum Gasteiger partial charge on any atom is -0.411 e. The molecule has 126 valence electrons. The number of fused-ring (bicyclic) bond motifs is 1. The van der Waals surface area contributed by atoms with Gasteiger partial charge in [0.05, 0.1) is 5.41 Å². The van der Waals surface area contributed by atoms with Gasteiger partial charge < -0.3 is 5.21 Å². The molecule has 0 unspecified atom stereocenters. The number of hydrogen-bond donors (Lipinski definition) is 2. The van der Waals surface area contributed by atoms with Gasteiger partial charge in [0.2, 0.25) is 0 Å². The normalized spacial score (nSPS) is 19.1. The van der Waals surface area contributed by atoms with Crippen LogP contribution in [0.2, 0.25) is 0 Å². The number of nitrogens with one attached hydrogen (secondary N) is 1. The van der Waals surface area contributed by atoms with E-state index in [9.17, 15) is 5.21 Å². The lowest BCUT2D eigenvalue weighted by Crippen LogP contribution is -2.28. The zero-order chi connectivity index (χ0) is 16.9. The molecule has 3 heterocycles. The van der Waals surface area contributed by atoms with E-state index in [-0.39, 0.29) is 5.41 Å². The monoisotopic (exact) mass is 367 g/mol. The molecule has 0 aromatic carbocycles. The number of aromatic amines is 1. The summed E-state index contributed by atoms with van der Waals surface area (Å²) in [5, 5.41) is 25.0. The average Bonchev–Trinajstić information content (AvgIpc) is 3.09. The Labute approximate surface area is 153 Å². The summed E-state index contributed by atoms with van der Waals surface area (Å²) in [7, 11) is 0. The summed E-state index contributed by atoms with van der Waals surface area (Å²) >= 11 is 3.58. The zero-order valence-electron chi connectivity index (χ0n) is 13.5. The van der Waals surface area contributed by atoms with E-state index in [4.69, 9.17) is 0 Å². The molecule has 4 nitrogen and oxygen atoms in total. The topological polar surface area (TPSA) is 61.3 Å². The van der Waals surface area contributed by atoms with Gasteiger partial charge in [-0.25, -0.2) is 0 Å². The molecule has 3 aromatic rings. The molecule has 0 aliphatic heterocycles. The van der Waals surface area contributed by atoms with E-state index in [1.165, 1.54) is 9.75 Å². The Balaban J connectivity index is 1.62. The number of hydrogen-bond acceptors (Lipinski definition) is 5. The molecule has 3 aromatic heterocycles. The first kappa shape index (κ1) is 15.1. The average molecular weight is 367 g/mol. The third-order valence-corrected chi connectivity index (χ3v) is 7.20. The number of allylic oxidation sites excluding steroid dienone is 1. The fourth-order valence-corrected chi connectivity index (χ4v) is 5.57. The second-order valence-corrected chi connectivity index (χ2v) is 8.56.